The number of halogens is 1. The molecule has 0 fully saturated rings. The third-order valence-electron chi connectivity index (χ3n) is 2.79. The molecule has 0 radical (unpaired) electrons. The van der Waals surface area contributed by atoms with Crippen LogP contribution in [0.25, 0.3) is 0 Å². The van der Waals surface area contributed by atoms with Crippen molar-refractivity contribution >= 4 is 15.7 Å². The molecule has 0 amide bonds. The number of nitrogens with one attached hydrogen (secondary N) is 1. The Morgan fingerprint density at radius 3 is 2.52 bits per heavy atom. The second-order valence-electron chi connectivity index (χ2n) is 4.88. The predicted octanol–water partition coefficient (Wildman–Crippen LogP) is 1.27. The van der Waals surface area contributed by atoms with Gasteiger partial charge < -0.3 is 4.90 Å². The summed E-state index contributed by atoms with van der Waals surface area (Å²) in [5, 5.41) is 10.7. The molecule has 0 heterocycles. The first-order valence-corrected chi connectivity index (χ1v) is 7.72. The standard InChI is InChI=1S/C12H18FN3O4S/c1-9-7-10(8-11(12(9)13)16(17)18)21(19,20)14-5-4-6-15(2)3/h7-8,14H,4-6H2,1-3H3. The molecule has 0 aliphatic heterocycles. The van der Waals surface area contributed by atoms with E-state index in [0.717, 1.165) is 12.1 Å². The van der Waals surface area contributed by atoms with E-state index in [-0.39, 0.29) is 17.0 Å². The van der Waals surface area contributed by atoms with Crippen LogP contribution in [0, 0.1) is 22.9 Å². The van der Waals surface area contributed by atoms with Crippen molar-refractivity contribution < 1.29 is 17.7 Å². The molecule has 1 N–H and O–H groups in total. The van der Waals surface area contributed by atoms with Crippen molar-refractivity contribution in [1.29, 1.82) is 0 Å². The second kappa shape index (κ2) is 6.92. The Bertz CT molecular complexity index is 632. The number of nitro benzene ring substituents is 1. The van der Waals surface area contributed by atoms with Crippen molar-refractivity contribution in [2.24, 2.45) is 0 Å². The second-order valence-corrected chi connectivity index (χ2v) is 6.65. The fourth-order valence-corrected chi connectivity index (χ4v) is 2.87. The van der Waals surface area contributed by atoms with Gasteiger partial charge in [0.15, 0.2) is 0 Å². The first-order chi connectivity index (χ1) is 9.65. The number of nitro groups is 1. The van der Waals surface area contributed by atoms with Gasteiger partial charge in [0, 0.05) is 12.6 Å². The lowest BCUT2D eigenvalue weighted by atomic mass is 10.2. The van der Waals surface area contributed by atoms with Gasteiger partial charge in [0.2, 0.25) is 15.8 Å². The van der Waals surface area contributed by atoms with Crippen LogP contribution in [0.4, 0.5) is 10.1 Å². The van der Waals surface area contributed by atoms with E-state index in [9.17, 15) is 22.9 Å². The van der Waals surface area contributed by atoms with E-state index in [1.165, 1.54) is 6.92 Å². The maximum Gasteiger partial charge on any atom is 0.306 e. The SMILES string of the molecule is Cc1cc(S(=O)(=O)NCCCN(C)C)cc([N+](=O)[O-])c1F. The molecular formula is C12H18FN3O4S. The summed E-state index contributed by atoms with van der Waals surface area (Å²) < 4.78 is 40.0. The molecule has 0 saturated heterocycles. The molecule has 7 nitrogen and oxygen atoms in total. The van der Waals surface area contributed by atoms with Crippen molar-refractivity contribution in [2.75, 3.05) is 27.2 Å². The third-order valence-corrected chi connectivity index (χ3v) is 4.23. The van der Waals surface area contributed by atoms with E-state index in [1.54, 1.807) is 0 Å². The minimum Gasteiger partial charge on any atom is -0.309 e. The first-order valence-electron chi connectivity index (χ1n) is 6.24. The Morgan fingerprint density at radius 2 is 2.00 bits per heavy atom. The molecule has 0 saturated carbocycles. The Labute approximate surface area is 123 Å². The van der Waals surface area contributed by atoms with Crippen LogP contribution < -0.4 is 4.72 Å². The quantitative estimate of drug-likeness (QED) is 0.464. The van der Waals surface area contributed by atoms with Gasteiger partial charge in [-0.25, -0.2) is 13.1 Å². The molecule has 1 rings (SSSR count). The number of rotatable bonds is 7. The van der Waals surface area contributed by atoms with E-state index in [4.69, 9.17) is 0 Å². The smallest absolute Gasteiger partial charge is 0.306 e. The molecule has 118 valence electrons. The van der Waals surface area contributed by atoms with Gasteiger partial charge in [-0.05, 0) is 45.6 Å². The zero-order valence-electron chi connectivity index (χ0n) is 12.1. The van der Waals surface area contributed by atoms with Gasteiger partial charge in [-0.3, -0.25) is 10.1 Å². The number of hydrogen-bond acceptors (Lipinski definition) is 5. The van der Waals surface area contributed by atoms with Crippen LogP contribution in [0.1, 0.15) is 12.0 Å². The molecule has 0 atom stereocenters. The summed E-state index contributed by atoms with van der Waals surface area (Å²) in [6.07, 6.45) is 0.592. The number of aryl methyl sites for hydroxylation is 1. The molecule has 0 bridgehead atoms. The molecule has 0 aliphatic carbocycles. The highest BCUT2D eigenvalue weighted by molar-refractivity contribution is 7.89. The average Bonchev–Trinajstić information content (AvgIpc) is 2.37. The summed E-state index contributed by atoms with van der Waals surface area (Å²) in [5.41, 5.74) is -0.929. The van der Waals surface area contributed by atoms with Gasteiger partial charge in [-0.1, -0.05) is 0 Å². The molecule has 1 aromatic carbocycles. The van der Waals surface area contributed by atoms with Crippen molar-refractivity contribution in [1.82, 2.24) is 9.62 Å². The molecule has 9 heteroatoms. The van der Waals surface area contributed by atoms with E-state index in [1.807, 2.05) is 19.0 Å². The molecule has 0 aliphatic rings. The molecule has 0 aromatic heterocycles. The maximum absolute atomic E-state index is 13.6. The van der Waals surface area contributed by atoms with E-state index in [2.05, 4.69) is 4.72 Å². The van der Waals surface area contributed by atoms with Crippen LogP contribution in [0.15, 0.2) is 17.0 Å². The van der Waals surface area contributed by atoms with Crippen molar-refractivity contribution in [3.05, 3.63) is 33.6 Å². The normalized spacial score (nSPS) is 11.9. The van der Waals surface area contributed by atoms with Gasteiger partial charge >= 0.3 is 5.69 Å². The number of sulfonamides is 1. The summed E-state index contributed by atoms with van der Waals surface area (Å²) in [5.74, 6) is -1.02. The van der Waals surface area contributed by atoms with E-state index < -0.39 is 26.5 Å². The Balaban J connectivity index is 2.96. The van der Waals surface area contributed by atoms with Crippen LogP contribution in [0.3, 0.4) is 0 Å². The van der Waals surface area contributed by atoms with Crippen LogP contribution in [-0.4, -0.2) is 45.4 Å². The lowest BCUT2D eigenvalue weighted by Gasteiger charge is -2.11. The zero-order valence-corrected chi connectivity index (χ0v) is 12.9. The van der Waals surface area contributed by atoms with Crippen LogP contribution >= 0.6 is 0 Å². The molecule has 1 aromatic rings. The van der Waals surface area contributed by atoms with Gasteiger partial charge in [0.05, 0.1) is 9.82 Å². The minimum atomic E-state index is -3.89. The highest BCUT2D eigenvalue weighted by Gasteiger charge is 2.23. The molecule has 0 spiro atoms. The summed E-state index contributed by atoms with van der Waals surface area (Å²) in [7, 11) is -0.169. The Morgan fingerprint density at radius 1 is 1.38 bits per heavy atom. The summed E-state index contributed by atoms with van der Waals surface area (Å²) in [6.45, 7) is 2.18. The van der Waals surface area contributed by atoms with E-state index >= 15 is 0 Å². The van der Waals surface area contributed by atoms with Gasteiger partial charge in [-0.2, -0.15) is 4.39 Å². The molecule has 0 unspecified atom stereocenters. The van der Waals surface area contributed by atoms with Crippen molar-refractivity contribution in [3.63, 3.8) is 0 Å². The summed E-state index contributed by atoms with van der Waals surface area (Å²) >= 11 is 0. The fraction of sp³-hybridized carbons (Fsp3) is 0.500. The Hall–Kier alpha value is -1.58. The predicted molar refractivity (Wildman–Crippen MR) is 76.2 cm³/mol. The monoisotopic (exact) mass is 319 g/mol. The topological polar surface area (TPSA) is 92.6 Å². The molecule has 21 heavy (non-hydrogen) atoms. The number of nitrogens with zero attached hydrogens (tertiary/aromatic N) is 2. The van der Waals surface area contributed by atoms with Crippen molar-refractivity contribution in [3.8, 4) is 0 Å². The fourth-order valence-electron chi connectivity index (χ4n) is 1.69. The third kappa shape index (κ3) is 4.73. The minimum absolute atomic E-state index is 0.0853. The average molecular weight is 319 g/mol. The lowest BCUT2D eigenvalue weighted by molar-refractivity contribution is -0.387. The van der Waals surface area contributed by atoms with Crippen LogP contribution in [-0.2, 0) is 10.0 Å². The number of hydrogen-bond donors (Lipinski definition) is 1. The summed E-state index contributed by atoms with van der Waals surface area (Å²) in [6, 6.07) is 1.81. The van der Waals surface area contributed by atoms with Crippen molar-refractivity contribution in [2.45, 2.75) is 18.2 Å². The van der Waals surface area contributed by atoms with Gasteiger partial charge in [-0.15, -0.1) is 0 Å². The van der Waals surface area contributed by atoms with Crippen LogP contribution in [0.5, 0.6) is 0 Å². The lowest BCUT2D eigenvalue weighted by Crippen LogP contribution is -2.27. The summed E-state index contributed by atoms with van der Waals surface area (Å²) in [4.78, 5) is 11.4. The zero-order chi connectivity index (χ0) is 16.2. The van der Waals surface area contributed by atoms with E-state index in [0.29, 0.717) is 13.0 Å². The highest BCUT2D eigenvalue weighted by atomic mass is 32.2. The molecular weight excluding hydrogens is 301 g/mol. The first kappa shape index (κ1) is 17.5. The number of benzene rings is 1. The maximum atomic E-state index is 13.6. The van der Waals surface area contributed by atoms with Crippen LogP contribution in [0.2, 0.25) is 0 Å². The highest BCUT2D eigenvalue weighted by Crippen LogP contribution is 2.24. The Kier molecular flexibility index (Phi) is 5.76. The van der Waals surface area contributed by atoms with Gasteiger partial charge in [0.25, 0.3) is 0 Å². The van der Waals surface area contributed by atoms with Gasteiger partial charge in [0.1, 0.15) is 0 Å². The largest absolute Gasteiger partial charge is 0.309 e.